The summed E-state index contributed by atoms with van der Waals surface area (Å²) in [4.78, 5) is 30.4. The Morgan fingerprint density at radius 1 is 1.11 bits per heavy atom. The number of ether oxygens (including phenoxy) is 2. The van der Waals surface area contributed by atoms with Crippen molar-refractivity contribution in [2.75, 3.05) is 6.61 Å². The third-order valence-corrected chi connectivity index (χ3v) is 9.27. The predicted molar refractivity (Wildman–Crippen MR) is 175 cm³/mol. The van der Waals surface area contributed by atoms with E-state index in [4.69, 9.17) is 32.7 Å². The number of hydrogen-bond acceptors (Lipinski definition) is 6. The fraction of sp³-hybridized carbons (Fsp3) is 0.167. The molecule has 0 bridgehead atoms. The number of halogens is 7. The lowest BCUT2D eigenvalue weighted by molar-refractivity contribution is -0.140. The fourth-order valence-electron chi connectivity index (χ4n) is 4.49. The largest absolute Gasteiger partial charge is 0.487 e. The second-order valence-electron chi connectivity index (χ2n) is 9.34. The molecule has 2 heterocycles. The van der Waals surface area contributed by atoms with Crippen molar-refractivity contribution in [3.05, 3.63) is 126 Å². The maximum Gasteiger partial charge on any atom is 0.434 e. The lowest BCUT2D eigenvalue weighted by Gasteiger charge is -2.26. The maximum absolute atomic E-state index is 14.3. The SMILES string of the molecule is CCOC(=O)C1=C(C(F)(F)F)N=c2s/c(=C\c3cc(Br)c(OCc4ccc(Cl)cc4)c(I)c3)c(=O)n2[C@H]1c1ccc(Cl)cc1. The van der Waals surface area contributed by atoms with Gasteiger partial charge in [0.25, 0.3) is 5.56 Å². The van der Waals surface area contributed by atoms with Crippen LogP contribution in [0.2, 0.25) is 10.0 Å². The molecule has 0 fully saturated rings. The van der Waals surface area contributed by atoms with Crippen molar-refractivity contribution in [1.82, 2.24) is 4.57 Å². The summed E-state index contributed by atoms with van der Waals surface area (Å²) in [6.45, 7) is 1.60. The van der Waals surface area contributed by atoms with Gasteiger partial charge in [0.05, 0.1) is 30.8 Å². The number of nitrogens with zero attached hydrogens (tertiary/aromatic N) is 2. The van der Waals surface area contributed by atoms with E-state index in [0.29, 0.717) is 32.4 Å². The number of benzene rings is 3. The number of thiazole rings is 1. The lowest BCUT2D eigenvalue weighted by atomic mass is 9.95. The molecule has 1 aliphatic rings. The summed E-state index contributed by atoms with van der Waals surface area (Å²) in [6.07, 6.45) is -3.44. The van der Waals surface area contributed by atoms with E-state index in [1.165, 1.54) is 31.2 Å². The highest BCUT2D eigenvalue weighted by Gasteiger charge is 2.45. The number of aromatic nitrogens is 1. The van der Waals surface area contributed by atoms with Gasteiger partial charge in [-0.1, -0.05) is 58.8 Å². The average molecular weight is 838 g/mol. The van der Waals surface area contributed by atoms with Gasteiger partial charge in [-0.3, -0.25) is 9.36 Å². The van der Waals surface area contributed by atoms with Gasteiger partial charge in [-0.25, -0.2) is 9.79 Å². The van der Waals surface area contributed by atoms with Gasteiger partial charge in [0.1, 0.15) is 12.4 Å². The second-order valence-corrected chi connectivity index (χ2v) is 13.2. The Balaban J connectivity index is 1.61. The van der Waals surface area contributed by atoms with Gasteiger partial charge in [0, 0.05) is 10.0 Å². The summed E-state index contributed by atoms with van der Waals surface area (Å²) in [5, 5.41) is 0.949. The standard InChI is InChI=1S/C30H19BrCl2F3IN2O4S/c1-2-42-28(41)23-24(17-5-9-19(33)10-6-17)39-27(40)22(44-29(39)38-26(23)30(34,35)36)13-16-11-20(31)25(21(37)12-16)43-14-15-3-7-18(32)8-4-15/h3-13,24H,2,14H2,1H3/b22-13-/t24-/m0/s1. The first kappa shape index (κ1) is 32.7. The Labute approximate surface area is 284 Å². The Morgan fingerprint density at radius 2 is 1.75 bits per heavy atom. The van der Waals surface area contributed by atoms with E-state index >= 15 is 0 Å². The zero-order valence-corrected chi connectivity index (χ0v) is 28.5. The summed E-state index contributed by atoms with van der Waals surface area (Å²) in [5.41, 5.74) is -1.07. The van der Waals surface area contributed by atoms with Crippen molar-refractivity contribution in [1.29, 1.82) is 0 Å². The number of fused-ring (bicyclic) bond motifs is 1. The first-order valence-corrected chi connectivity index (χ1v) is 16.2. The summed E-state index contributed by atoms with van der Waals surface area (Å²) >= 11 is 18.4. The van der Waals surface area contributed by atoms with E-state index in [9.17, 15) is 22.8 Å². The molecule has 1 aromatic heterocycles. The third kappa shape index (κ3) is 6.94. The van der Waals surface area contributed by atoms with Gasteiger partial charge in [-0.05, 0) is 105 Å². The minimum Gasteiger partial charge on any atom is -0.487 e. The molecule has 6 nitrogen and oxygen atoms in total. The van der Waals surface area contributed by atoms with E-state index < -0.39 is 35.0 Å². The molecule has 0 amide bonds. The zero-order chi connectivity index (χ0) is 31.8. The minimum atomic E-state index is -5.00. The smallest absolute Gasteiger partial charge is 0.434 e. The van der Waals surface area contributed by atoms with E-state index in [-0.39, 0.29) is 21.5 Å². The number of rotatable bonds is 7. The van der Waals surface area contributed by atoms with Crippen LogP contribution in [0.1, 0.15) is 29.7 Å². The van der Waals surface area contributed by atoms with Crippen LogP contribution in [0.15, 0.2) is 86.2 Å². The monoisotopic (exact) mass is 836 g/mol. The normalized spacial score (nSPS) is 15.2. The van der Waals surface area contributed by atoms with Gasteiger partial charge < -0.3 is 9.47 Å². The fourth-order valence-corrected chi connectivity index (χ4v) is 7.51. The van der Waals surface area contributed by atoms with Crippen LogP contribution in [0.25, 0.3) is 6.08 Å². The number of carbonyl (C=O) groups excluding carboxylic acids is 1. The molecule has 0 unspecified atom stereocenters. The predicted octanol–water partition coefficient (Wildman–Crippen LogP) is 7.59. The molecule has 4 aromatic rings. The molecule has 0 radical (unpaired) electrons. The van der Waals surface area contributed by atoms with Crippen LogP contribution < -0.4 is 19.6 Å². The molecule has 5 rings (SSSR count). The van der Waals surface area contributed by atoms with Crippen LogP contribution in [0, 0.1) is 3.57 Å². The highest BCUT2D eigenvalue weighted by Crippen LogP contribution is 2.38. The molecule has 0 N–H and O–H groups in total. The topological polar surface area (TPSA) is 69.9 Å². The van der Waals surface area contributed by atoms with Gasteiger partial charge in [-0.2, -0.15) is 13.2 Å². The molecule has 44 heavy (non-hydrogen) atoms. The molecule has 1 atom stereocenters. The molecular weight excluding hydrogens is 819 g/mol. The Kier molecular flexibility index (Phi) is 9.95. The van der Waals surface area contributed by atoms with Gasteiger partial charge >= 0.3 is 12.1 Å². The maximum atomic E-state index is 14.3. The van der Waals surface area contributed by atoms with Crippen molar-refractivity contribution in [3.63, 3.8) is 0 Å². The zero-order valence-electron chi connectivity index (χ0n) is 22.4. The van der Waals surface area contributed by atoms with Gasteiger partial charge in [0.2, 0.25) is 0 Å². The first-order chi connectivity index (χ1) is 20.9. The van der Waals surface area contributed by atoms with Crippen molar-refractivity contribution in [3.8, 4) is 5.75 Å². The van der Waals surface area contributed by atoms with Crippen molar-refractivity contribution >= 4 is 85.1 Å². The number of carbonyl (C=O) groups is 1. The highest BCUT2D eigenvalue weighted by molar-refractivity contribution is 14.1. The van der Waals surface area contributed by atoms with Crippen LogP contribution >= 0.6 is 73.1 Å². The average Bonchev–Trinajstić information content (AvgIpc) is 3.27. The van der Waals surface area contributed by atoms with Crippen LogP contribution in [-0.2, 0) is 16.1 Å². The van der Waals surface area contributed by atoms with Crippen LogP contribution in [0.4, 0.5) is 13.2 Å². The third-order valence-electron chi connectivity index (χ3n) is 6.40. The van der Waals surface area contributed by atoms with Gasteiger partial charge in [0.15, 0.2) is 10.5 Å². The van der Waals surface area contributed by atoms with Crippen molar-refractivity contribution in [2.45, 2.75) is 25.7 Å². The van der Waals surface area contributed by atoms with Crippen LogP contribution in [0.5, 0.6) is 5.75 Å². The molecule has 0 saturated carbocycles. The quantitative estimate of drug-likeness (QED) is 0.142. The van der Waals surface area contributed by atoms with E-state index in [1.807, 2.05) is 12.1 Å². The van der Waals surface area contributed by atoms with Crippen molar-refractivity contribution in [2.24, 2.45) is 4.99 Å². The Bertz CT molecular complexity index is 1940. The van der Waals surface area contributed by atoms with E-state index in [2.05, 4.69) is 43.5 Å². The summed E-state index contributed by atoms with van der Waals surface area (Å²) in [6, 6.07) is 15.2. The number of alkyl halides is 3. The van der Waals surface area contributed by atoms with Crippen LogP contribution in [0.3, 0.4) is 0 Å². The number of hydrogen-bond donors (Lipinski definition) is 0. The number of allylic oxidation sites excluding steroid dienone is 1. The minimum absolute atomic E-state index is 0.117. The highest BCUT2D eigenvalue weighted by atomic mass is 127. The molecule has 1 aliphatic heterocycles. The second kappa shape index (κ2) is 13.4. The molecule has 228 valence electrons. The summed E-state index contributed by atoms with van der Waals surface area (Å²) < 4.78 is 56.5. The van der Waals surface area contributed by atoms with Gasteiger partial charge in [-0.15, -0.1) is 0 Å². The Morgan fingerprint density at radius 3 is 2.34 bits per heavy atom. The molecule has 14 heteroatoms. The summed E-state index contributed by atoms with van der Waals surface area (Å²) in [7, 11) is 0. The van der Waals surface area contributed by atoms with E-state index in [0.717, 1.165) is 25.0 Å². The number of esters is 1. The molecule has 0 saturated heterocycles. The first-order valence-electron chi connectivity index (χ1n) is 12.8. The van der Waals surface area contributed by atoms with E-state index in [1.54, 1.807) is 30.3 Å². The molecule has 0 spiro atoms. The van der Waals surface area contributed by atoms with Crippen LogP contribution in [-0.4, -0.2) is 23.3 Å². The Hall–Kier alpha value is -2.65. The lowest BCUT2D eigenvalue weighted by Crippen LogP contribution is -2.41. The summed E-state index contributed by atoms with van der Waals surface area (Å²) in [5.74, 6) is -0.638. The molecule has 0 aliphatic carbocycles. The van der Waals surface area contributed by atoms with Crippen molar-refractivity contribution < 1.29 is 27.4 Å². The molecule has 3 aromatic carbocycles. The molecular formula is C30H19BrCl2F3IN2O4S.